The number of nitrogens with zero attached hydrogens (tertiary/aromatic N) is 1. The fourth-order valence-electron chi connectivity index (χ4n) is 3.95. The SMILES string of the molecule is CCOc1ccc(C2C(C(=O)c3ccco3)=C(O)C(=O)N2Cc2ccccc2)cc1OCC. The van der Waals surface area contributed by atoms with Crippen LogP contribution in [0, 0.1) is 0 Å². The van der Waals surface area contributed by atoms with E-state index in [0.717, 1.165) is 5.56 Å². The molecule has 0 saturated carbocycles. The molecule has 0 fully saturated rings. The first-order valence-corrected chi connectivity index (χ1v) is 10.8. The molecule has 1 aliphatic heterocycles. The van der Waals surface area contributed by atoms with E-state index in [1.165, 1.54) is 17.2 Å². The Morgan fingerprint density at radius 2 is 1.73 bits per heavy atom. The van der Waals surface area contributed by atoms with Gasteiger partial charge in [0.05, 0.1) is 31.1 Å². The molecule has 1 unspecified atom stereocenters. The molecule has 7 heteroatoms. The Morgan fingerprint density at radius 3 is 2.39 bits per heavy atom. The largest absolute Gasteiger partial charge is 0.503 e. The van der Waals surface area contributed by atoms with Crippen molar-refractivity contribution < 1.29 is 28.6 Å². The number of aliphatic hydroxyl groups excluding tert-OH is 1. The van der Waals surface area contributed by atoms with Crippen molar-refractivity contribution in [2.45, 2.75) is 26.4 Å². The average Bonchev–Trinajstić information content (AvgIpc) is 3.44. The lowest BCUT2D eigenvalue weighted by Gasteiger charge is -2.27. The van der Waals surface area contributed by atoms with E-state index in [9.17, 15) is 14.7 Å². The first-order chi connectivity index (χ1) is 16.0. The maximum absolute atomic E-state index is 13.3. The van der Waals surface area contributed by atoms with Gasteiger partial charge in [0.1, 0.15) is 0 Å². The van der Waals surface area contributed by atoms with Crippen molar-refractivity contribution in [3.63, 3.8) is 0 Å². The molecule has 7 nitrogen and oxygen atoms in total. The second-order valence-corrected chi connectivity index (χ2v) is 7.46. The highest BCUT2D eigenvalue weighted by Gasteiger charge is 2.44. The Hall–Kier alpha value is -4.00. The number of carbonyl (C=O) groups excluding carboxylic acids is 2. The average molecular weight is 447 g/mol. The minimum absolute atomic E-state index is 0.0301. The van der Waals surface area contributed by atoms with E-state index < -0.39 is 23.5 Å². The van der Waals surface area contributed by atoms with Gasteiger partial charge in [-0.05, 0) is 49.2 Å². The molecule has 170 valence electrons. The fourth-order valence-corrected chi connectivity index (χ4v) is 3.95. The maximum atomic E-state index is 13.3. The molecule has 0 spiro atoms. The van der Waals surface area contributed by atoms with E-state index in [4.69, 9.17) is 13.9 Å². The zero-order valence-electron chi connectivity index (χ0n) is 18.5. The normalized spacial score (nSPS) is 15.8. The molecule has 1 amide bonds. The molecule has 4 rings (SSSR count). The van der Waals surface area contributed by atoms with Crippen molar-refractivity contribution >= 4 is 11.7 Å². The smallest absolute Gasteiger partial charge is 0.290 e. The van der Waals surface area contributed by atoms with Crippen LogP contribution in [0.4, 0.5) is 0 Å². The van der Waals surface area contributed by atoms with Crippen molar-refractivity contribution in [3.05, 3.63) is 95.1 Å². The van der Waals surface area contributed by atoms with Crippen LogP contribution >= 0.6 is 0 Å². The Bertz CT molecular complexity index is 1170. The molecule has 0 saturated heterocycles. The molecule has 0 radical (unpaired) electrons. The summed E-state index contributed by atoms with van der Waals surface area (Å²) in [5.41, 5.74) is 1.45. The molecule has 0 bridgehead atoms. The van der Waals surface area contributed by atoms with Crippen molar-refractivity contribution in [3.8, 4) is 11.5 Å². The van der Waals surface area contributed by atoms with Gasteiger partial charge in [0, 0.05) is 6.54 Å². The number of rotatable bonds is 9. The van der Waals surface area contributed by atoms with E-state index >= 15 is 0 Å². The quantitative estimate of drug-likeness (QED) is 0.472. The molecule has 2 heterocycles. The highest BCUT2D eigenvalue weighted by atomic mass is 16.5. The molecule has 1 aliphatic rings. The number of aliphatic hydroxyl groups is 1. The van der Waals surface area contributed by atoms with Crippen LogP contribution in [0.15, 0.2) is 82.7 Å². The highest BCUT2D eigenvalue weighted by molar-refractivity contribution is 6.15. The van der Waals surface area contributed by atoms with Crippen LogP contribution < -0.4 is 9.47 Å². The van der Waals surface area contributed by atoms with Crippen LogP contribution in [0.25, 0.3) is 0 Å². The first-order valence-electron chi connectivity index (χ1n) is 10.8. The van der Waals surface area contributed by atoms with Crippen LogP contribution in [0.5, 0.6) is 11.5 Å². The minimum Gasteiger partial charge on any atom is -0.503 e. The van der Waals surface area contributed by atoms with E-state index in [1.807, 2.05) is 44.2 Å². The van der Waals surface area contributed by atoms with Crippen LogP contribution in [-0.2, 0) is 11.3 Å². The molecule has 1 aromatic heterocycles. The third-order valence-corrected chi connectivity index (χ3v) is 5.37. The summed E-state index contributed by atoms with van der Waals surface area (Å²) >= 11 is 0. The van der Waals surface area contributed by atoms with Gasteiger partial charge >= 0.3 is 0 Å². The molecule has 1 N–H and O–H groups in total. The topological polar surface area (TPSA) is 89.2 Å². The highest BCUT2D eigenvalue weighted by Crippen LogP contribution is 2.42. The van der Waals surface area contributed by atoms with Gasteiger partial charge in [0.15, 0.2) is 23.0 Å². The minimum atomic E-state index is -0.829. The zero-order valence-corrected chi connectivity index (χ0v) is 18.5. The van der Waals surface area contributed by atoms with Crippen LogP contribution in [0.1, 0.15) is 41.6 Å². The summed E-state index contributed by atoms with van der Waals surface area (Å²) in [5, 5.41) is 10.8. The summed E-state index contributed by atoms with van der Waals surface area (Å²) in [6.45, 7) is 4.83. The van der Waals surface area contributed by atoms with Crippen molar-refractivity contribution in [1.29, 1.82) is 0 Å². The predicted molar refractivity (Wildman–Crippen MR) is 121 cm³/mol. The molecule has 3 aromatic rings. The third kappa shape index (κ3) is 4.35. The number of carbonyl (C=O) groups is 2. The summed E-state index contributed by atoms with van der Waals surface area (Å²) in [6.07, 6.45) is 1.38. The number of benzene rings is 2. The Balaban J connectivity index is 1.82. The number of ketones is 1. The van der Waals surface area contributed by atoms with Gasteiger partial charge < -0.3 is 23.9 Å². The molecule has 2 aromatic carbocycles. The van der Waals surface area contributed by atoms with Crippen molar-refractivity contribution in [2.24, 2.45) is 0 Å². The maximum Gasteiger partial charge on any atom is 0.290 e. The van der Waals surface area contributed by atoms with Gasteiger partial charge in [-0.25, -0.2) is 0 Å². The first kappa shape index (κ1) is 22.2. The van der Waals surface area contributed by atoms with Crippen LogP contribution in [0.3, 0.4) is 0 Å². The fraction of sp³-hybridized carbons (Fsp3) is 0.231. The van der Waals surface area contributed by atoms with Crippen molar-refractivity contribution in [2.75, 3.05) is 13.2 Å². The third-order valence-electron chi connectivity index (χ3n) is 5.37. The predicted octanol–water partition coefficient (Wildman–Crippen LogP) is 4.86. The van der Waals surface area contributed by atoms with Gasteiger partial charge in [-0.15, -0.1) is 0 Å². The van der Waals surface area contributed by atoms with Gasteiger partial charge in [0.25, 0.3) is 5.91 Å². The molecular weight excluding hydrogens is 422 g/mol. The van der Waals surface area contributed by atoms with E-state index in [0.29, 0.717) is 30.3 Å². The van der Waals surface area contributed by atoms with Crippen molar-refractivity contribution in [1.82, 2.24) is 4.90 Å². The van der Waals surface area contributed by atoms with E-state index in [1.54, 1.807) is 24.3 Å². The molecular formula is C26H25NO6. The van der Waals surface area contributed by atoms with E-state index in [2.05, 4.69) is 0 Å². The Kier molecular flexibility index (Phi) is 6.49. The number of ether oxygens (including phenoxy) is 2. The number of amides is 1. The summed E-state index contributed by atoms with van der Waals surface area (Å²) in [7, 11) is 0. The Labute approximate surface area is 191 Å². The zero-order chi connectivity index (χ0) is 23.4. The lowest BCUT2D eigenvalue weighted by molar-refractivity contribution is -0.130. The Morgan fingerprint density at radius 1 is 1.00 bits per heavy atom. The number of hydrogen-bond donors (Lipinski definition) is 1. The second-order valence-electron chi connectivity index (χ2n) is 7.46. The molecule has 1 atom stereocenters. The van der Waals surface area contributed by atoms with E-state index in [-0.39, 0.29) is 17.9 Å². The van der Waals surface area contributed by atoms with Gasteiger partial charge in [0.2, 0.25) is 5.78 Å². The summed E-state index contributed by atoms with van der Waals surface area (Å²) in [5.74, 6) is -0.630. The number of hydrogen-bond acceptors (Lipinski definition) is 6. The molecule has 0 aliphatic carbocycles. The van der Waals surface area contributed by atoms with Gasteiger partial charge in [-0.3, -0.25) is 9.59 Å². The van der Waals surface area contributed by atoms with Crippen LogP contribution in [0.2, 0.25) is 0 Å². The lowest BCUT2D eigenvalue weighted by Crippen LogP contribution is -2.30. The van der Waals surface area contributed by atoms with Crippen LogP contribution in [-0.4, -0.2) is 34.9 Å². The second kappa shape index (κ2) is 9.65. The lowest BCUT2D eigenvalue weighted by atomic mass is 9.94. The number of furan rings is 1. The monoisotopic (exact) mass is 447 g/mol. The molecule has 33 heavy (non-hydrogen) atoms. The summed E-state index contributed by atoms with van der Waals surface area (Å²) < 4.78 is 16.7. The summed E-state index contributed by atoms with van der Waals surface area (Å²) in [6, 6.07) is 16.9. The van der Waals surface area contributed by atoms with Gasteiger partial charge in [-0.2, -0.15) is 0 Å². The summed E-state index contributed by atoms with van der Waals surface area (Å²) in [4.78, 5) is 27.9. The number of Topliss-reactive ketones (excluding diaryl/α,β-unsaturated/α-hetero) is 1. The standard InChI is InChI=1S/C26H25NO6/c1-3-31-19-13-12-18(15-21(19)32-4-2)23-22(24(28)20-11-8-14-33-20)25(29)26(30)27(23)16-17-9-6-5-7-10-17/h5-15,23,29H,3-4,16H2,1-2H3. The van der Waals surface area contributed by atoms with Gasteiger partial charge in [-0.1, -0.05) is 36.4 Å².